The zero-order valence-electron chi connectivity index (χ0n) is 29.2. The number of aryl methyl sites for hydroxylation is 1. The number of nitrogens with one attached hydrogen (secondary N) is 1. The second kappa shape index (κ2) is 20.5. The highest BCUT2D eigenvalue weighted by Crippen LogP contribution is 2.34. The number of benzene rings is 2. The third-order valence-corrected chi connectivity index (χ3v) is 10.3. The molecule has 0 aliphatic heterocycles. The van der Waals surface area contributed by atoms with E-state index in [0.717, 1.165) is 36.0 Å². The third-order valence-electron chi connectivity index (χ3n) is 8.17. The highest BCUT2D eigenvalue weighted by atomic mass is 32.2. The summed E-state index contributed by atoms with van der Waals surface area (Å²) in [5, 5.41) is 17.2. The fourth-order valence-electron chi connectivity index (χ4n) is 5.41. The second-order valence-corrected chi connectivity index (χ2v) is 14.8. The fraction of sp³-hybridized carbons (Fsp3) is 0.486. The van der Waals surface area contributed by atoms with Crippen LogP contribution in [0.4, 0.5) is 16.6 Å². The number of thiazole rings is 1. The predicted molar refractivity (Wildman–Crippen MR) is 201 cm³/mol. The van der Waals surface area contributed by atoms with Gasteiger partial charge in [-0.15, -0.1) is 19.7 Å². The molecule has 0 saturated heterocycles. The maximum Gasteiger partial charge on any atom is 0.283 e. The van der Waals surface area contributed by atoms with Gasteiger partial charge in [-0.05, 0) is 56.0 Å². The molecule has 1 unspecified atom stereocenters. The first-order valence-corrected chi connectivity index (χ1v) is 19.6. The molecule has 2 aromatic heterocycles. The number of rotatable bonds is 23. The molecule has 0 radical (unpaired) electrons. The van der Waals surface area contributed by atoms with Gasteiger partial charge in [0.15, 0.2) is 11.5 Å². The van der Waals surface area contributed by atoms with Gasteiger partial charge in [-0.1, -0.05) is 108 Å². The average Bonchev–Trinajstić information content (AvgIpc) is 3.66. The van der Waals surface area contributed by atoms with E-state index in [9.17, 15) is 8.42 Å². The van der Waals surface area contributed by atoms with Gasteiger partial charge in [0.1, 0.15) is 6.34 Å². The minimum atomic E-state index is -4.03. The van der Waals surface area contributed by atoms with Crippen LogP contribution in [-0.4, -0.2) is 42.5 Å². The second-order valence-electron chi connectivity index (χ2n) is 12.1. The number of sulfonamides is 1. The zero-order chi connectivity index (χ0) is 35.6. The molecule has 13 nitrogen and oxygen atoms in total. The van der Waals surface area contributed by atoms with Crippen LogP contribution in [0.15, 0.2) is 73.2 Å². The van der Waals surface area contributed by atoms with Gasteiger partial charge in [-0.2, -0.15) is 18.4 Å². The summed E-state index contributed by atoms with van der Waals surface area (Å²) in [4.78, 5) is 14.9. The standard InChI is InChI=1S/C35H49N9O4S2/c1-4-6-8-10-11-14-18-28(17-13-9-7-5-2)24-47-48-26-38-37-25-39-50(45,46)30-21-22-32-31(23-30)40-35(49-32)42-41-33-27(3)43-44(34(33)36)29-19-15-12-16-20-29/h12,15-16,19-23,25-26,28H,4-11,13-14,17-18,24,36H2,1-3H3,(H,37,39)/b38-26+,42-41?. The van der Waals surface area contributed by atoms with Crippen LogP contribution >= 0.6 is 11.3 Å². The fourth-order valence-corrected chi connectivity index (χ4v) is 6.98. The quantitative estimate of drug-likeness (QED) is 0.0190. The molecule has 0 saturated carbocycles. The average molecular weight is 724 g/mol. The molecule has 15 heteroatoms. The Balaban J connectivity index is 1.26. The number of hydrogen-bond acceptors (Lipinski definition) is 11. The van der Waals surface area contributed by atoms with E-state index in [1.807, 2.05) is 30.3 Å². The first-order chi connectivity index (χ1) is 24.3. The van der Waals surface area contributed by atoms with E-state index < -0.39 is 10.0 Å². The number of aromatic nitrogens is 3. The summed E-state index contributed by atoms with van der Waals surface area (Å²) in [7, 11) is -4.03. The molecule has 4 rings (SSSR count). The first-order valence-electron chi connectivity index (χ1n) is 17.4. The van der Waals surface area contributed by atoms with Crippen molar-refractivity contribution in [2.75, 3.05) is 12.3 Å². The van der Waals surface area contributed by atoms with E-state index in [-0.39, 0.29) is 4.90 Å². The molecular formula is C35H49N9O4S2. The maximum atomic E-state index is 12.8. The molecule has 0 bridgehead atoms. The zero-order valence-corrected chi connectivity index (χ0v) is 30.8. The van der Waals surface area contributed by atoms with Crippen LogP contribution in [0.3, 0.4) is 0 Å². The molecule has 50 heavy (non-hydrogen) atoms. The van der Waals surface area contributed by atoms with Gasteiger partial charge in [0.2, 0.25) is 11.5 Å². The molecule has 0 aliphatic rings. The van der Waals surface area contributed by atoms with E-state index in [1.165, 1.54) is 87.7 Å². The van der Waals surface area contributed by atoms with E-state index in [0.29, 0.717) is 40.4 Å². The molecule has 270 valence electrons. The Hall–Kier alpha value is -4.21. The lowest BCUT2D eigenvalue weighted by atomic mass is 9.95. The third kappa shape index (κ3) is 12.0. The molecule has 0 spiro atoms. The normalized spacial score (nSPS) is 12.9. The number of nitrogen functional groups attached to an aromatic ring is 1. The van der Waals surface area contributed by atoms with Crippen molar-refractivity contribution in [2.24, 2.45) is 25.6 Å². The summed E-state index contributed by atoms with van der Waals surface area (Å²) < 4.78 is 31.7. The Labute approximate surface area is 299 Å². The summed E-state index contributed by atoms with van der Waals surface area (Å²) in [6.45, 7) is 6.74. The van der Waals surface area contributed by atoms with Gasteiger partial charge in [0.05, 0.1) is 33.1 Å². The van der Waals surface area contributed by atoms with Gasteiger partial charge in [-0.25, -0.2) is 9.67 Å². The number of hydrazone groups is 1. The molecule has 4 aromatic rings. The lowest BCUT2D eigenvalue weighted by Crippen LogP contribution is -2.11. The summed E-state index contributed by atoms with van der Waals surface area (Å²) in [6.07, 6.45) is 16.8. The molecule has 0 aliphatic carbocycles. The summed E-state index contributed by atoms with van der Waals surface area (Å²) in [6, 6.07) is 14.0. The summed E-state index contributed by atoms with van der Waals surface area (Å²) in [5.74, 6) is 0.788. The Morgan fingerprint density at radius 1 is 0.960 bits per heavy atom. The Morgan fingerprint density at radius 3 is 2.40 bits per heavy atom. The smallest absolute Gasteiger partial charge is 0.283 e. The van der Waals surface area contributed by atoms with Crippen LogP contribution in [0.5, 0.6) is 0 Å². The van der Waals surface area contributed by atoms with Crippen LogP contribution in [0.1, 0.15) is 96.6 Å². The van der Waals surface area contributed by atoms with E-state index in [1.54, 1.807) is 17.7 Å². The number of para-hydroxylation sites is 1. The van der Waals surface area contributed by atoms with E-state index >= 15 is 0 Å². The lowest BCUT2D eigenvalue weighted by Gasteiger charge is -2.15. The van der Waals surface area contributed by atoms with Crippen molar-refractivity contribution in [1.29, 1.82) is 0 Å². The highest BCUT2D eigenvalue weighted by Gasteiger charge is 2.16. The van der Waals surface area contributed by atoms with Crippen molar-refractivity contribution in [2.45, 2.75) is 103 Å². The van der Waals surface area contributed by atoms with E-state index in [4.69, 9.17) is 15.5 Å². The minimum absolute atomic E-state index is 0.0278. The number of unbranched alkanes of at least 4 members (excludes halogenated alkanes) is 8. The Morgan fingerprint density at radius 2 is 1.66 bits per heavy atom. The number of fused-ring (bicyclic) bond motifs is 1. The van der Waals surface area contributed by atoms with Gasteiger partial charge in [0, 0.05) is 0 Å². The van der Waals surface area contributed by atoms with E-state index in [2.05, 4.69) is 49.1 Å². The number of azo groups is 1. The van der Waals surface area contributed by atoms with Crippen molar-refractivity contribution in [3.8, 4) is 5.69 Å². The lowest BCUT2D eigenvalue weighted by molar-refractivity contribution is -0.227. The Kier molecular flexibility index (Phi) is 15.8. The van der Waals surface area contributed by atoms with Crippen molar-refractivity contribution in [1.82, 2.24) is 20.2 Å². The van der Waals surface area contributed by atoms with Crippen molar-refractivity contribution >= 4 is 61.0 Å². The van der Waals surface area contributed by atoms with Gasteiger partial charge < -0.3 is 10.6 Å². The number of anilines is 1. The first kappa shape index (κ1) is 38.6. The highest BCUT2D eigenvalue weighted by molar-refractivity contribution is 7.90. The number of nitrogens with two attached hydrogens (primary N) is 1. The Bertz CT molecular complexity index is 1810. The largest absolute Gasteiger partial charge is 0.382 e. The maximum absolute atomic E-state index is 12.8. The number of nitrogens with zero attached hydrogens (tertiary/aromatic N) is 7. The SMILES string of the molecule is CCCCCCCCC(CCCCCC)COO/C=N/N/C=N/S(=O)(=O)c1ccc2sc(N=Nc3c(C)nn(-c4ccccc4)c3N)nc2c1. The van der Waals surface area contributed by atoms with Crippen LogP contribution in [-0.2, 0) is 19.8 Å². The topological polar surface area (TPSA) is 171 Å². The van der Waals surface area contributed by atoms with Gasteiger partial charge >= 0.3 is 0 Å². The van der Waals surface area contributed by atoms with Crippen LogP contribution < -0.4 is 11.2 Å². The van der Waals surface area contributed by atoms with Crippen molar-refractivity contribution in [3.63, 3.8) is 0 Å². The van der Waals surface area contributed by atoms with Crippen LogP contribution in [0.2, 0.25) is 0 Å². The molecule has 1 atom stereocenters. The minimum Gasteiger partial charge on any atom is -0.382 e. The molecular weight excluding hydrogens is 675 g/mol. The molecule has 0 fully saturated rings. The summed E-state index contributed by atoms with van der Waals surface area (Å²) >= 11 is 1.27. The van der Waals surface area contributed by atoms with Crippen molar-refractivity contribution < 1.29 is 18.2 Å². The molecule has 0 amide bonds. The molecule has 2 heterocycles. The predicted octanol–water partition coefficient (Wildman–Crippen LogP) is 9.32. The number of hydrogen-bond donors (Lipinski definition) is 2. The van der Waals surface area contributed by atoms with Crippen molar-refractivity contribution in [3.05, 3.63) is 54.2 Å². The molecule has 2 aromatic carbocycles. The summed E-state index contributed by atoms with van der Waals surface area (Å²) in [5.41, 5.74) is 11.0. The van der Waals surface area contributed by atoms with Gasteiger partial charge in [0.25, 0.3) is 10.0 Å². The van der Waals surface area contributed by atoms with Crippen LogP contribution in [0, 0.1) is 12.8 Å². The van der Waals surface area contributed by atoms with Crippen LogP contribution in [0.25, 0.3) is 15.9 Å². The molecule has 3 N–H and O–H groups in total. The van der Waals surface area contributed by atoms with Gasteiger partial charge in [-0.3, -0.25) is 5.43 Å². The monoisotopic (exact) mass is 723 g/mol.